The number of aliphatic hydroxyl groups is 1. The molecule has 17 heavy (non-hydrogen) atoms. The van der Waals surface area contributed by atoms with Crippen LogP contribution in [0, 0.1) is 11.2 Å². The molecule has 1 rings (SSSR count). The minimum atomic E-state index is -0.321. The van der Waals surface area contributed by atoms with Crippen molar-refractivity contribution in [3.05, 3.63) is 24.0 Å². The normalized spacial score (nSPS) is 13.5. The average Bonchev–Trinajstić information content (AvgIpc) is 2.21. The Kier molecular flexibility index (Phi) is 4.34. The average molecular weight is 240 g/mol. The molecule has 0 aromatic heterocycles. The Labute approximate surface area is 102 Å². The van der Waals surface area contributed by atoms with E-state index in [-0.39, 0.29) is 23.9 Å². The van der Waals surface area contributed by atoms with Gasteiger partial charge < -0.3 is 16.2 Å². The van der Waals surface area contributed by atoms with Crippen molar-refractivity contribution < 1.29 is 9.50 Å². The van der Waals surface area contributed by atoms with E-state index in [9.17, 15) is 4.39 Å². The second kappa shape index (κ2) is 5.36. The number of halogens is 1. The Bertz CT molecular complexity index is 374. The van der Waals surface area contributed by atoms with Gasteiger partial charge in [0.05, 0.1) is 11.4 Å². The summed E-state index contributed by atoms with van der Waals surface area (Å²) in [7, 11) is 0. The summed E-state index contributed by atoms with van der Waals surface area (Å²) in [5.74, 6) is -0.321. The van der Waals surface area contributed by atoms with Crippen LogP contribution < -0.4 is 11.1 Å². The van der Waals surface area contributed by atoms with Gasteiger partial charge >= 0.3 is 0 Å². The SMILES string of the molecule is CC(C)(C)C(CCO)Nc1cc(F)ccc1N. The van der Waals surface area contributed by atoms with Crippen molar-refractivity contribution in [3.63, 3.8) is 0 Å². The Morgan fingerprint density at radius 2 is 2.06 bits per heavy atom. The first-order valence-corrected chi connectivity index (χ1v) is 5.77. The third-order valence-corrected chi connectivity index (χ3v) is 2.81. The fourth-order valence-electron chi connectivity index (χ4n) is 1.69. The monoisotopic (exact) mass is 240 g/mol. The van der Waals surface area contributed by atoms with E-state index in [4.69, 9.17) is 10.8 Å². The number of benzene rings is 1. The third kappa shape index (κ3) is 3.89. The van der Waals surface area contributed by atoms with Gasteiger partial charge in [-0.3, -0.25) is 0 Å². The summed E-state index contributed by atoms with van der Waals surface area (Å²) in [4.78, 5) is 0. The molecule has 0 saturated heterocycles. The zero-order chi connectivity index (χ0) is 13.1. The molecule has 0 aliphatic carbocycles. The molecule has 3 nitrogen and oxygen atoms in total. The lowest BCUT2D eigenvalue weighted by Gasteiger charge is -2.32. The van der Waals surface area contributed by atoms with Gasteiger partial charge in [0, 0.05) is 12.6 Å². The van der Waals surface area contributed by atoms with Crippen LogP contribution in [0.15, 0.2) is 18.2 Å². The van der Waals surface area contributed by atoms with Crippen molar-refractivity contribution in [1.82, 2.24) is 0 Å². The Hall–Kier alpha value is -1.29. The quantitative estimate of drug-likeness (QED) is 0.709. The molecule has 4 heteroatoms. The maximum atomic E-state index is 13.1. The minimum absolute atomic E-state index is 0.0385. The van der Waals surface area contributed by atoms with E-state index in [0.717, 1.165) is 0 Å². The van der Waals surface area contributed by atoms with E-state index >= 15 is 0 Å². The van der Waals surface area contributed by atoms with Gasteiger partial charge in [-0.15, -0.1) is 0 Å². The van der Waals surface area contributed by atoms with Crippen LogP contribution in [0.5, 0.6) is 0 Å². The first kappa shape index (κ1) is 13.8. The molecule has 1 aromatic rings. The van der Waals surface area contributed by atoms with E-state index in [1.807, 2.05) is 0 Å². The van der Waals surface area contributed by atoms with Crippen molar-refractivity contribution in [1.29, 1.82) is 0 Å². The van der Waals surface area contributed by atoms with Crippen LogP contribution >= 0.6 is 0 Å². The number of nitrogens with two attached hydrogens (primary N) is 1. The highest BCUT2D eigenvalue weighted by molar-refractivity contribution is 5.66. The molecular formula is C13H21FN2O. The highest BCUT2D eigenvalue weighted by Crippen LogP contribution is 2.28. The Balaban J connectivity index is 2.89. The lowest BCUT2D eigenvalue weighted by Crippen LogP contribution is -2.35. The molecule has 0 spiro atoms. The highest BCUT2D eigenvalue weighted by atomic mass is 19.1. The molecule has 0 saturated carbocycles. The zero-order valence-corrected chi connectivity index (χ0v) is 10.6. The molecular weight excluding hydrogens is 219 g/mol. The maximum absolute atomic E-state index is 13.1. The molecule has 96 valence electrons. The summed E-state index contributed by atoms with van der Waals surface area (Å²) in [5, 5.41) is 12.3. The first-order chi connectivity index (χ1) is 7.84. The fourth-order valence-corrected chi connectivity index (χ4v) is 1.69. The zero-order valence-electron chi connectivity index (χ0n) is 10.6. The van der Waals surface area contributed by atoms with Crippen LogP contribution in [0.25, 0.3) is 0 Å². The predicted octanol–water partition coefficient (Wildman–Crippen LogP) is 2.62. The molecule has 1 atom stereocenters. The van der Waals surface area contributed by atoms with Crippen LogP contribution in [0.4, 0.5) is 15.8 Å². The number of nitrogen functional groups attached to an aromatic ring is 1. The number of hydrogen-bond donors (Lipinski definition) is 3. The molecule has 0 amide bonds. The Morgan fingerprint density at radius 1 is 1.41 bits per heavy atom. The van der Waals surface area contributed by atoms with Gasteiger partial charge in [0.2, 0.25) is 0 Å². The smallest absolute Gasteiger partial charge is 0.125 e. The summed E-state index contributed by atoms with van der Waals surface area (Å²) in [6.07, 6.45) is 0.597. The number of nitrogens with one attached hydrogen (secondary N) is 1. The standard InChI is InChI=1S/C13H21FN2O/c1-13(2,3)12(6-7-17)16-11-8-9(14)4-5-10(11)15/h4-5,8,12,16-17H,6-7,15H2,1-3H3. The third-order valence-electron chi connectivity index (χ3n) is 2.81. The summed E-state index contributed by atoms with van der Waals surface area (Å²) < 4.78 is 13.1. The van der Waals surface area contributed by atoms with Crippen molar-refractivity contribution in [2.24, 2.45) is 5.41 Å². The van der Waals surface area contributed by atoms with Crippen molar-refractivity contribution >= 4 is 11.4 Å². The summed E-state index contributed by atoms with van der Waals surface area (Å²) >= 11 is 0. The summed E-state index contributed by atoms with van der Waals surface area (Å²) in [6, 6.07) is 4.29. The van der Waals surface area contributed by atoms with Gasteiger partial charge in [-0.25, -0.2) is 4.39 Å². The van der Waals surface area contributed by atoms with Crippen molar-refractivity contribution in [2.75, 3.05) is 17.7 Å². The molecule has 0 fully saturated rings. The van der Waals surface area contributed by atoms with Crippen LogP contribution in [-0.2, 0) is 0 Å². The molecule has 0 bridgehead atoms. The fraction of sp³-hybridized carbons (Fsp3) is 0.538. The highest BCUT2D eigenvalue weighted by Gasteiger charge is 2.24. The van der Waals surface area contributed by atoms with Gasteiger partial charge in [-0.2, -0.15) is 0 Å². The van der Waals surface area contributed by atoms with Crippen molar-refractivity contribution in [2.45, 2.75) is 33.2 Å². The molecule has 4 N–H and O–H groups in total. The molecule has 0 aliphatic rings. The Morgan fingerprint density at radius 3 is 2.59 bits per heavy atom. The van der Waals surface area contributed by atoms with Gasteiger partial charge in [-0.05, 0) is 30.0 Å². The van der Waals surface area contributed by atoms with E-state index in [1.165, 1.54) is 18.2 Å². The summed E-state index contributed by atoms with van der Waals surface area (Å²) in [5.41, 5.74) is 6.84. The second-order valence-corrected chi connectivity index (χ2v) is 5.31. The van der Waals surface area contributed by atoms with Crippen LogP contribution in [0.3, 0.4) is 0 Å². The minimum Gasteiger partial charge on any atom is -0.397 e. The number of aliphatic hydroxyl groups excluding tert-OH is 1. The summed E-state index contributed by atoms with van der Waals surface area (Å²) in [6.45, 7) is 6.28. The van der Waals surface area contributed by atoms with Gasteiger partial charge in [0.25, 0.3) is 0 Å². The van der Waals surface area contributed by atoms with Crippen molar-refractivity contribution in [3.8, 4) is 0 Å². The first-order valence-electron chi connectivity index (χ1n) is 5.77. The number of anilines is 2. The maximum Gasteiger partial charge on any atom is 0.125 e. The van der Waals surface area contributed by atoms with E-state index in [2.05, 4.69) is 26.1 Å². The topological polar surface area (TPSA) is 58.3 Å². The number of hydrogen-bond acceptors (Lipinski definition) is 3. The lowest BCUT2D eigenvalue weighted by atomic mass is 9.84. The van der Waals surface area contributed by atoms with Crippen LogP contribution in [-0.4, -0.2) is 17.8 Å². The van der Waals surface area contributed by atoms with E-state index in [1.54, 1.807) is 0 Å². The number of rotatable bonds is 4. The van der Waals surface area contributed by atoms with E-state index < -0.39 is 0 Å². The second-order valence-electron chi connectivity index (χ2n) is 5.31. The molecule has 1 aromatic carbocycles. The van der Waals surface area contributed by atoms with Gasteiger partial charge in [-0.1, -0.05) is 20.8 Å². The molecule has 1 unspecified atom stereocenters. The molecule has 0 heterocycles. The molecule has 0 radical (unpaired) electrons. The van der Waals surface area contributed by atoms with E-state index in [0.29, 0.717) is 17.8 Å². The van der Waals surface area contributed by atoms with Crippen LogP contribution in [0.1, 0.15) is 27.2 Å². The molecule has 0 aliphatic heterocycles. The predicted molar refractivity (Wildman–Crippen MR) is 69.4 cm³/mol. The largest absolute Gasteiger partial charge is 0.397 e. The van der Waals surface area contributed by atoms with Crippen LogP contribution in [0.2, 0.25) is 0 Å². The van der Waals surface area contributed by atoms with Gasteiger partial charge in [0.15, 0.2) is 0 Å². The lowest BCUT2D eigenvalue weighted by molar-refractivity contribution is 0.235. The van der Waals surface area contributed by atoms with Gasteiger partial charge in [0.1, 0.15) is 5.82 Å².